The van der Waals surface area contributed by atoms with E-state index in [1.54, 1.807) is 32.3 Å². The fourth-order valence-electron chi connectivity index (χ4n) is 1.54. The molecule has 0 radical (unpaired) electrons. The third kappa shape index (κ3) is 2.10. The SMILES string of the molecule is Cc1nc(-c2ncccn2)nc(C)c1C(=O)O. The molecule has 0 aliphatic rings. The number of aromatic nitrogens is 4. The van der Waals surface area contributed by atoms with E-state index in [4.69, 9.17) is 5.11 Å². The maximum absolute atomic E-state index is 11.0. The lowest BCUT2D eigenvalue weighted by atomic mass is 10.2. The average Bonchev–Trinajstić information content (AvgIpc) is 2.28. The average molecular weight is 230 g/mol. The van der Waals surface area contributed by atoms with Gasteiger partial charge in [0, 0.05) is 12.4 Å². The summed E-state index contributed by atoms with van der Waals surface area (Å²) in [7, 11) is 0. The number of aryl methyl sites for hydroxylation is 2. The van der Waals surface area contributed by atoms with Gasteiger partial charge >= 0.3 is 5.97 Å². The van der Waals surface area contributed by atoms with Crippen molar-refractivity contribution < 1.29 is 9.90 Å². The molecule has 0 atom stereocenters. The number of rotatable bonds is 2. The van der Waals surface area contributed by atoms with Crippen LogP contribution >= 0.6 is 0 Å². The van der Waals surface area contributed by atoms with Crippen molar-refractivity contribution in [1.29, 1.82) is 0 Å². The number of carboxylic acids is 1. The molecule has 0 aliphatic heterocycles. The molecule has 0 saturated carbocycles. The second-order valence-electron chi connectivity index (χ2n) is 3.47. The van der Waals surface area contributed by atoms with Gasteiger partial charge < -0.3 is 5.11 Å². The zero-order valence-electron chi connectivity index (χ0n) is 9.38. The molecule has 0 unspecified atom stereocenters. The van der Waals surface area contributed by atoms with Crippen LogP contribution in [0.1, 0.15) is 21.7 Å². The summed E-state index contributed by atoms with van der Waals surface area (Å²) in [6, 6.07) is 1.69. The third-order valence-electron chi connectivity index (χ3n) is 2.25. The molecule has 0 amide bonds. The molecule has 0 spiro atoms. The molecule has 1 N–H and O–H groups in total. The van der Waals surface area contributed by atoms with Crippen LogP contribution in [0, 0.1) is 13.8 Å². The van der Waals surface area contributed by atoms with Gasteiger partial charge in [-0.2, -0.15) is 0 Å². The van der Waals surface area contributed by atoms with Crippen molar-refractivity contribution in [1.82, 2.24) is 19.9 Å². The summed E-state index contributed by atoms with van der Waals surface area (Å²) in [6.45, 7) is 3.26. The van der Waals surface area contributed by atoms with E-state index in [1.165, 1.54) is 0 Å². The monoisotopic (exact) mass is 230 g/mol. The highest BCUT2D eigenvalue weighted by molar-refractivity contribution is 5.90. The zero-order chi connectivity index (χ0) is 12.4. The van der Waals surface area contributed by atoms with Crippen molar-refractivity contribution in [3.8, 4) is 11.6 Å². The van der Waals surface area contributed by atoms with Crippen LogP contribution in [0.4, 0.5) is 0 Å². The van der Waals surface area contributed by atoms with Gasteiger partial charge in [0.1, 0.15) is 5.56 Å². The van der Waals surface area contributed by atoms with E-state index in [0.29, 0.717) is 23.0 Å². The van der Waals surface area contributed by atoms with Crippen molar-refractivity contribution >= 4 is 5.97 Å². The Hall–Kier alpha value is -2.37. The summed E-state index contributed by atoms with van der Waals surface area (Å²) in [5.41, 5.74) is 0.949. The van der Waals surface area contributed by atoms with Gasteiger partial charge in [0.15, 0.2) is 11.6 Å². The summed E-state index contributed by atoms with van der Waals surface area (Å²) < 4.78 is 0. The van der Waals surface area contributed by atoms with E-state index in [0.717, 1.165) is 0 Å². The fourth-order valence-corrected chi connectivity index (χ4v) is 1.54. The lowest BCUT2D eigenvalue weighted by Crippen LogP contribution is -2.09. The smallest absolute Gasteiger partial charge is 0.339 e. The fraction of sp³-hybridized carbons (Fsp3) is 0.182. The number of carboxylic acid groups (broad SMARTS) is 1. The van der Waals surface area contributed by atoms with Crippen molar-refractivity contribution in [3.63, 3.8) is 0 Å². The summed E-state index contributed by atoms with van der Waals surface area (Å²) in [5.74, 6) is -0.304. The van der Waals surface area contributed by atoms with Crippen LogP contribution in [0.5, 0.6) is 0 Å². The molecule has 2 rings (SSSR count). The molecule has 2 heterocycles. The number of hydrogen-bond acceptors (Lipinski definition) is 5. The minimum atomic E-state index is -1.03. The molecule has 0 saturated heterocycles. The van der Waals surface area contributed by atoms with Crippen LogP contribution in [-0.4, -0.2) is 31.0 Å². The summed E-state index contributed by atoms with van der Waals surface area (Å²) in [4.78, 5) is 27.2. The summed E-state index contributed by atoms with van der Waals surface area (Å²) >= 11 is 0. The summed E-state index contributed by atoms with van der Waals surface area (Å²) in [5, 5.41) is 9.00. The second kappa shape index (κ2) is 4.25. The topological polar surface area (TPSA) is 88.9 Å². The largest absolute Gasteiger partial charge is 0.478 e. The van der Waals surface area contributed by atoms with E-state index >= 15 is 0 Å². The minimum Gasteiger partial charge on any atom is -0.478 e. The molecule has 6 heteroatoms. The first-order valence-electron chi connectivity index (χ1n) is 4.95. The minimum absolute atomic E-state index is 0.129. The van der Waals surface area contributed by atoms with E-state index in [2.05, 4.69) is 19.9 Å². The molecule has 2 aromatic heterocycles. The van der Waals surface area contributed by atoms with Crippen molar-refractivity contribution in [2.24, 2.45) is 0 Å². The maximum Gasteiger partial charge on any atom is 0.339 e. The zero-order valence-corrected chi connectivity index (χ0v) is 9.38. The second-order valence-corrected chi connectivity index (χ2v) is 3.47. The van der Waals surface area contributed by atoms with Gasteiger partial charge in [-0.05, 0) is 19.9 Å². The first kappa shape index (κ1) is 11.1. The van der Waals surface area contributed by atoms with Crippen molar-refractivity contribution in [2.75, 3.05) is 0 Å². The van der Waals surface area contributed by atoms with E-state index < -0.39 is 5.97 Å². The first-order chi connectivity index (χ1) is 8.09. The van der Waals surface area contributed by atoms with Gasteiger partial charge in [-0.25, -0.2) is 24.7 Å². The highest BCUT2D eigenvalue weighted by atomic mass is 16.4. The number of carbonyl (C=O) groups is 1. The quantitative estimate of drug-likeness (QED) is 0.835. The normalized spacial score (nSPS) is 10.2. The Bertz CT molecular complexity index is 546. The first-order valence-corrected chi connectivity index (χ1v) is 4.95. The lowest BCUT2D eigenvalue weighted by molar-refractivity contribution is 0.0694. The highest BCUT2D eigenvalue weighted by Gasteiger charge is 2.16. The molecular formula is C11H10N4O2. The van der Waals surface area contributed by atoms with Crippen molar-refractivity contribution in [3.05, 3.63) is 35.4 Å². The Morgan fingerprint density at radius 2 is 1.59 bits per heavy atom. The molecule has 0 bridgehead atoms. The molecule has 86 valence electrons. The highest BCUT2D eigenvalue weighted by Crippen LogP contribution is 2.15. The van der Waals surface area contributed by atoms with Crippen LogP contribution < -0.4 is 0 Å². The molecule has 2 aromatic rings. The van der Waals surface area contributed by atoms with Gasteiger partial charge in [-0.3, -0.25) is 0 Å². The van der Waals surface area contributed by atoms with Gasteiger partial charge in [0.05, 0.1) is 11.4 Å². The van der Waals surface area contributed by atoms with E-state index in [-0.39, 0.29) is 5.56 Å². The Labute approximate surface area is 97.4 Å². The summed E-state index contributed by atoms with van der Waals surface area (Å²) in [6.07, 6.45) is 3.17. The standard InChI is InChI=1S/C11H10N4O2/c1-6-8(11(16)17)7(2)15-10(14-6)9-12-4-3-5-13-9/h3-5H,1-2H3,(H,16,17). The molecular weight excluding hydrogens is 220 g/mol. The van der Waals surface area contributed by atoms with Crippen LogP contribution in [0.15, 0.2) is 18.5 Å². The molecule has 17 heavy (non-hydrogen) atoms. The van der Waals surface area contributed by atoms with E-state index in [9.17, 15) is 4.79 Å². The van der Waals surface area contributed by atoms with Crippen LogP contribution in [0.3, 0.4) is 0 Å². The maximum atomic E-state index is 11.0. The molecule has 0 aromatic carbocycles. The third-order valence-corrected chi connectivity index (χ3v) is 2.25. The Morgan fingerprint density at radius 1 is 1.06 bits per heavy atom. The Balaban J connectivity index is 2.57. The van der Waals surface area contributed by atoms with Gasteiger partial charge in [-0.1, -0.05) is 0 Å². The Morgan fingerprint density at radius 3 is 2.06 bits per heavy atom. The van der Waals surface area contributed by atoms with Crippen LogP contribution in [0.2, 0.25) is 0 Å². The van der Waals surface area contributed by atoms with Crippen LogP contribution in [0.25, 0.3) is 11.6 Å². The van der Waals surface area contributed by atoms with Gasteiger partial charge in [-0.15, -0.1) is 0 Å². The Kier molecular flexibility index (Phi) is 2.78. The lowest BCUT2D eigenvalue weighted by Gasteiger charge is -2.06. The molecule has 6 nitrogen and oxygen atoms in total. The predicted octanol–water partition coefficient (Wildman–Crippen LogP) is 1.25. The number of hydrogen-bond donors (Lipinski definition) is 1. The number of aromatic carboxylic acids is 1. The predicted molar refractivity (Wildman–Crippen MR) is 59.5 cm³/mol. The van der Waals surface area contributed by atoms with Crippen LogP contribution in [-0.2, 0) is 0 Å². The molecule has 0 aliphatic carbocycles. The number of nitrogens with zero attached hydrogens (tertiary/aromatic N) is 4. The van der Waals surface area contributed by atoms with Crippen molar-refractivity contribution in [2.45, 2.75) is 13.8 Å². The molecule has 0 fully saturated rings. The van der Waals surface area contributed by atoms with Gasteiger partial charge in [0.2, 0.25) is 0 Å². The van der Waals surface area contributed by atoms with Gasteiger partial charge in [0.25, 0.3) is 0 Å². The van der Waals surface area contributed by atoms with E-state index in [1.807, 2.05) is 0 Å².